The average Bonchev–Trinajstić information content (AvgIpc) is 2.64. The first-order chi connectivity index (χ1) is 8.06. The van der Waals surface area contributed by atoms with Crippen molar-refractivity contribution < 1.29 is 19.1 Å². The monoisotopic (exact) mass is 260 g/mol. The Hall–Kier alpha value is -1.24. The van der Waals surface area contributed by atoms with E-state index in [2.05, 4.69) is 10.1 Å². The maximum absolute atomic E-state index is 11.2. The molecule has 0 aromatic carbocycles. The Morgan fingerprint density at radius 1 is 1.59 bits per heavy atom. The molecule has 6 nitrogen and oxygen atoms in total. The minimum atomic E-state index is -0.336. The molecule has 1 rings (SSSR count). The van der Waals surface area contributed by atoms with Crippen molar-refractivity contribution in [1.29, 1.82) is 0 Å². The lowest BCUT2D eigenvalue weighted by atomic mass is 10.2. The van der Waals surface area contributed by atoms with E-state index in [9.17, 15) is 14.4 Å². The molecular formula is C10H16N2O4S. The number of methoxy groups -OCH3 is 1. The van der Waals surface area contributed by atoms with Crippen molar-refractivity contribution in [2.24, 2.45) is 5.92 Å². The Labute approximate surface area is 104 Å². The number of carbonyl (C=O) groups excluding carboxylic acids is 3. The number of rotatable bonds is 6. The topological polar surface area (TPSA) is 75.7 Å². The zero-order valence-corrected chi connectivity index (χ0v) is 10.7. The molecule has 1 unspecified atom stereocenters. The van der Waals surface area contributed by atoms with E-state index < -0.39 is 0 Å². The van der Waals surface area contributed by atoms with Crippen LogP contribution in [0.15, 0.2) is 0 Å². The van der Waals surface area contributed by atoms with E-state index in [4.69, 9.17) is 0 Å². The summed E-state index contributed by atoms with van der Waals surface area (Å²) in [6.45, 7) is 2.25. The molecule has 1 atom stereocenters. The number of nitrogens with one attached hydrogen (secondary N) is 1. The molecule has 96 valence electrons. The van der Waals surface area contributed by atoms with Crippen molar-refractivity contribution in [1.82, 2.24) is 10.2 Å². The van der Waals surface area contributed by atoms with Gasteiger partial charge in [0.1, 0.15) is 0 Å². The smallest absolute Gasteiger partial charge is 0.324 e. The van der Waals surface area contributed by atoms with E-state index in [0.717, 1.165) is 0 Å². The van der Waals surface area contributed by atoms with Gasteiger partial charge >= 0.3 is 12.0 Å². The van der Waals surface area contributed by atoms with Crippen LogP contribution in [0.2, 0.25) is 0 Å². The van der Waals surface area contributed by atoms with Crippen molar-refractivity contribution in [2.75, 3.05) is 31.7 Å². The molecule has 17 heavy (non-hydrogen) atoms. The van der Waals surface area contributed by atoms with E-state index in [1.807, 2.05) is 0 Å². The van der Waals surface area contributed by atoms with Gasteiger partial charge in [-0.2, -0.15) is 11.8 Å². The van der Waals surface area contributed by atoms with Crippen LogP contribution in [0.5, 0.6) is 0 Å². The van der Waals surface area contributed by atoms with Crippen LogP contribution in [0.25, 0.3) is 0 Å². The van der Waals surface area contributed by atoms with Gasteiger partial charge in [0.2, 0.25) is 5.91 Å². The molecule has 0 radical (unpaired) electrons. The Kier molecular flexibility index (Phi) is 5.27. The van der Waals surface area contributed by atoms with Gasteiger partial charge in [-0.15, -0.1) is 0 Å². The van der Waals surface area contributed by atoms with Crippen LogP contribution in [-0.2, 0) is 14.3 Å². The summed E-state index contributed by atoms with van der Waals surface area (Å²) in [5, 5.41) is 2.45. The summed E-state index contributed by atoms with van der Waals surface area (Å²) in [7, 11) is 1.36. The van der Waals surface area contributed by atoms with Crippen molar-refractivity contribution in [3.05, 3.63) is 0 Å². The van der Waals surface area contributed by atoms with Gasteiger partial charge < -0.3 is 10.1 Å². The second-order valence-electron chi connectivity index (χ2n) is 3.70. The fourth-order valence-electron chi connectivity index (χ4n) is 1.37. The lowest BCUT2D eigenvalue weighted by Crippen LogP contribution is -2.33. The average molecular weight is 260 g/mol. The maximum Gasteiger partial charge on any atom is 0.324 e. The summed E-state index contributed by atoms with van der Waals surface area (Å²) in [6.07, 6.45) is 0. The van der Waals surface area contributed by atoms with Crippen LogP contribution in [0.1, 0.15) is 6.92 Å². The Bertz CT molecular complexity index is 305. The highest BCUT2D eigenvalue weighted by atomic mass is 32.2. The van der Waals surface area contributed by atoms with E-state index >= 15 is 0 Å². The second-order valence-corrected chi connectivity index (χ2v) is 4.85. The minimum absolute atomic E-state index is 0.0854. The fraction of sp³-hybridized carbons (Fsp3) is 0.700. The molecule has 1 heterocycles. The summed E-state index contributed by atoms with van der Waals surface area (Å²) in [6, 6.07) is -0.336. The molecule has 1 N–H and O–H groups in total. The molecule has 1 saturated heterocycles. The van der Waals surface area contributed by atoms with Crippen LogP contribution in [-0.4, -0.2) is 54.5 Å². The molecular weight excluding hydrogens is 244 g/mol. The van der Waals surface area contributed by atoms with E-state index in [1.165, 1.54) is 23.8 Å². The van der Waals surface area contributed by atoms with Crippen LogP contribution in [0.4, 0.5) is 4.79 Å². The zero-order valence-electron chi connectivity index (χ0n) is 9.89. The molecule has 0 aromatic heterocycles. The number of imide groups is 1. The predicted octanol–water partition coefficient (Wildman–Crippen LogP) is 0.0805. The summed E-state index contributed by atoms with van der Waals surface area (Å²) >= 11 is 1.52. The number of hydrogen-bond acceptors (Lipinski definition) is 5. The normalized spacial score (nSPS) is 16.9. The molecule has 0 aromatic rings. The van der Waals surface area contributed by atoms with Crippen LogP contribution in [0, 0.1) is 5.92 Å². The van der Waals surface area contributed by atoms with E-state index in [0.29, 0.717) is 18.1 Å². The molecule has 7 heteroatoms. The summed E-state index contributed by atoms with van der Waals surface area (Å²) < 4.78 is 4.60. The van der Waals surface area contributed by atoms with Gasteiger partial charge in [-0.3, -0.25) is 14.5 Å². The number of esters is 1. The summed E-state index contributed by atoms with van der Waals surface area (Å²) in [5.74, 6) is 0.633. The Morgan fingerprint density at radius 2 is 2.29 bits per heavy atom. The van der Waals surface area contributed by atoms with Gasteiger partial charge in [0.15, 0.2) is 0 Å². The molecule has 0 bridgehead atoms. The quantitative estimate of drug-likeness (QED) is 0.416. The zero-order chi connectivity index (χ0) is 12.8. The third-order valence-electron chi connectivity index (χ3n) is 2.37. The second kappa shape index (κ2) is 6.48. The summed E-state index contributed by atoms with van der Waals surface area (Å²) in [5.41, 5.74) is 0. The van der Waals surface area contributed by atoms with Gasteiger partial charge in [-0.05, 0) is 0 Å². The first-order valence-electron chi connectivity index (χ1n) is 5.30. The van der Waals surface area contributed by atoms with Crippen molar-refractivity contribution in [2.45, 2.75) is 6.92 Å². The molecule has 0 saturated carbocycles. The Balaban J connectivity index is 2.18. The van der Waals surface area contributed by atoms with Gasteiger partial charge in [0.05, 0.1) is 19.6 Å². The van der Waals surface area contributed by atoms with Crippen LogP contribution in [0.3, 0.4) is 0 Å². The van der Waals surface area contributed by atoms with Crippen LogP contribution >= 0.6 is 11.8 Å². The molecule has 3 amide bonds. The van der Waals surface area contributed by atoms with Gasteiger partial charge in [-0.1, -0.05) is 6.92 Å². The molecule has 1 aliphatic rings. The van der Waals surface area contributed by atoms with E-state index in [-0.39, 0.29) is 30.4 Å². The van der Waals surface area contributed by atoms with Crippen molar-refractivity contribution in [3.8, 4) is 0 Å². The highest BCUT2D eigenvalue weighted by Gasteiger charge is 2.27. The SMILES string of the molecule is COC(=O)C(C)CSCCN1C(=O)CNC1=O. The fourth-order valence-corrected chi connectivity index (χ4v) is 2.33. The number of thioether (sulfide) groups is 1. The number of nitrogens with zero attached hydrogens (tertiary/aromatic N) is 1. The number of carbonyl (C=O) groups is 3. The number of amides is 3. The van der Waals surface area contributed by atoms with E-state index in [1.54, 1.807) is 6.92 Å². The first-order valence-corrected chi connectivity index (χ1v) is 6.45. The molecule has 1 aliphatic heterocycles. The molecule has 1 fully saturated rings. The Morgan fingerprint density at radius 3 is 2.82 bits per heavy atom. The predicted molar refractivity (Wildman–Crippen MR) is 63.6 cm³/mol. The van der Waals surface area contributed by atoms with Crippen LogP contribution < -0.4 is 5.32 Å². The van der Waals surface area contributed by atoms with Gasteiger partial charge in [0.25, 0.3) is 0 Å². The summed E-state index contributed by atoms with van der Waals surface area (Å²) in [4.78, 5) is 34.7. The standard InChI is InChI=1S/C10H16N2O4S/c1-7(9(14)16-2)6-17-4-3-12-8(13)5-11-10(12)15/h7H,3-6H2,1-2H3,(H,11,15). The highest BCUT2D eigenvalue weighted by molar-refractivity contribution is 7.99. The number of ether oxygens (including phenoxy) is 1. The highest BCUT2D eigenvalue weighted by Crippen LogP contribution is 2.11. The van der Waals surface area contributed by atoms with Crippen molar-refractivity contribution >= 4 is 29.7 Å². The lowest BCUT2D eigenvalue weighted by molar-refractivity contribution is -0.144. The third kappa shape index (κ3) is 3.92. The van der Waals surface area contributed by atoms with Crippen molar-refractivity contribution in [3.63, 3.8) is 0 Å². The molecule has 0 spiro atoms. The lowest BCUT2D eigenvalue weighted by Gasteiger charge is -2.12. The minimum Gasteiger partial charge on any atom is -0.469 e. The largest absolute Gasteiger partial charge is 0.469 e. The van der Waals surface area contributed by atoms with Gasteiger partial charge in [0, 0.05) is 18.1 Å². The number of urea groups is 1. The first kappa shape index (κ1) is 13.8. The maximum atomic E-state index is 11.2. The molecule has 0 aliphatic carbocycles. The van der Waals surface area contributed by atoms with Gasteiger partial charge in [-0.25, -0.2) is 4.79 Å². The third-order valence-corrected chi connectivity index (χ3v) is 3.57. The number of hydrogen-bond donors (Lipinski definition) is 1.